The zero-order valence-electron chi connectivity index (χ0n) is 47.5. The standard InChI is InChI=1S/C11H18.C11H20.2C10H18.2C9H16.C8H14/c1-11-5-8-2-9(6-11)4-10(3-8)7-11;1-11-7-2-4-10(6-9-11)5-3-8-11;1-10-6-2-4-9(8-10)5-3-7-10;1-10-6-2-3-9(4-7-10)5-8-10;1-9-5-2-8(3-6-9)4-7-9;1-9-5-2-3-8(7-9)4-6-9;1-8-4-2-7(6-8)3-5-8/h8-10H,2-7H2,1H3;10H,2-9H2,1H3;2*9H,2-8H2,1H3;2*8H,2-7H2,1H3;7H,2-6H2,1H3. The Morgan fingerprint density at radius 1 is 0.176 bits per heavy atom. The summed E-state index contributed by atoms with van der Waals surface area (Å²) >= 11 is 0. The molecular weight excluding hydrogens is 817 g/mol. The first-order valence-electron chi connectivity index (χ1n) is 32.4. The van der Waals surface area contributed by atoms with Crippen LogP contribution in [0.5, 0.6) is 0 Å². The molecule has 0 aromatic heterocycles. The molecule has 0 spiro atoms. The highest BCUT2D eigenvalue weighted by Crippen LogP contribution is 2.60. The second-order valence-corrected chi connectivity index (χ2v) is 32.6. The van der Waals surface area contributed by atoms with Crippen molar-refractivity contribution >= 4 is 0 Å². The molecule has 0 radical (unpaired) electrons. The van der Waals surface area contributed by atoms with Gasteiger partial charge < -0.3 is 0 Å². The summed E-state index contributed by atoms with van der Waals surface area (Å²) in [6.45, 7) is 17.5. The average Bonchev–Trinajstić information content (AvgIpc) is 3.69. The zero-order chi connectivity index (χ0) is 47.5. The third kappa shape index (κ3) is 14.6. The van der Waals surface area contributed by atoms with Crippen LogP contribution in [0.2, 0.25) is 0 Å². The van der Waals surface area contributed by atoms with Gasteiger partial charge >= 0.3 is 0 Å². The van der Waals surface area contributed by atoms with Crippen LogP contribution in [0.25, 0.3) is 0 Å². The minimum absolute atomic E-state index is 0.755. The van der Waals surface area contributed by atoms with Gasteiger partial charge in [0.05, 0.1) is 0 Å². The first-order valence-corrected chi connectivity index (χ1v) is 32.4. The smallest absolute Gasteiger partial charge is 0.0318 e. The van der Waals surface area contributed by atoms with Gasteiger partial charge in [0.1, 0.15) is 0 Å². The molecule has 0 amide bonds. The van der Waals surface area contributed by atoms with E-state index in [0.29, 0.717) is 0 Å². The van der Waals surface area contributed by atoms with Crippen LogP contribution in [0.15, 0.2) is 0 Å². The van der Waals surface area contributed by atoms with Gasteiger partial charge in [-0.15, -0.1) is 0 Å². The Hall–Kier alpha value is 0. The van der Waals surface area contributed by atoms with Gasteiger partial charge in [-0.25, -0.2) is 0 Å². The minimum atomic E-state index is 0.755. The van der Waals surface area contributed by atoms with Crippen LogP contribution in [0, 0.1) is 91.2 Å². The third-order valence-corrected chi connectivity index (χ3v) is 25.5. The molecule has 18 aliphatic rings. The topological polar surface area (TPSA) is 0 Å². The van der Waals surface area contributed by atoms with Gasteiger partial charge in [-0.05, 0) is 303 Å². The lowest BCUT2D eigenvalue weighted by molar-refractivity contribution is -0.0411. The summed E-state index contributed by atoms with van der Waals surface area (Å²) in [6, 6.07) is 0. The molecule has 0 saturated heterocycles. The Bertz CT molecular complexity index is 1430. The normalized spacial score (nSPS) is 50.2. The monoisotopic (exact) mass is 937 g/mol. The molecule has 0 aliphatic heterocycles. The number of hydrogen-bond acceptors (Lipinski definition) is 0. The zero-order valence-corrected chi connectivity index (χ0v) is 47.5. The van der Waals surface area contributed by atoms with Crippen LogP contribution < -0.4 is 0 Å². The van der Waals surface area contributed by atoms with Gasteiger partial charge in [0.15, 0.2) is 0 Å². The summed E-state index contributed by atoms with van der Waals surface area (Å²) < 4.78 is 0. The van der Waals surface area contributed by atoms with E-state index in [0.717, 1.165) is 91.2 Å². The Morgan fingerprint density at radius 3 is 0.662 bits per heavy atom. The maximum absolute atomic E-state index is 2.54. The van der Waals surface area contributed by atoms with Crippen molar-refractivity contribution in [3.05, 3.63) is 0 Å². The van der Waals surface area contributed by atoms with Gasteiger partial charge in [0.25, 0.3) is 0 Å². The molecule has 0 heteroatoms. The van der Waals surface area contributed by atoms with Crippen molar-refractivity contribution < 1.29 is 0 Å². The van der Waals surface area contributed by atoms with E-state index in [4.69, 9.17) is 0 Å². The average molecular weight is 938 g/mol. The molecule has 68 heavy (non-hydrogen) atoms. The molecule has 18 rings (SSSR count). The van der Waals surface area contributed by atoms with E-state index >= 15 is 0 Å². The summed E-state index contributed by atoms with van der Waals surface area (Å²) in [7, 11) is 0. The summed E-state index contributed by atoms with van der Waals surface area (Å²) in [6.07, 6.45) is 69.1. The third-order valence-electron chi connectivity index (χ3n) is 25.5. The summed E-state index contributed by atoms with van der Waals surface area (Å²) in [5.41, 5.74) is 5.50. The van der Waals surface area contributed by atoms with E-state index in [9.17, 15) is 0 Å². The minimum Gasteiger partial charge on any atom is -0.0596 e. The Morgan fingerprint density at radius 2 is 0.368 bits per heavy atom. The van der Waals surface area contributed by atoms with E-state index in [1.54, 1.807) is 57.8 Å². The highest BCUT2D eigenvalue weighted by Gasteiger charge is 2.48. The lowest BCUT2D eigenvalue weighted by Gasteiger charge is -2.55. The van der Waals surface area contributed by atoms with Gasteiger partial charge in [0, 0.05) is 0 Å². The van der Waals surface area contributed by atoms with Crippen LogP contribution in [0.1, 0.15) is 337 Å². The number of rotatable bonds is 0. The van der Waals surface area contributed by atoms with Gasteiger partial charge in [-0.2, -0.15) is 0 Å². The van der Waals surface area contributed by atoms with E-state index in [2.05, 4.69) is 48.5 Å². The van der Waals surface area contributed by atoms with Crippen LogP contribution in [-0.4, -0.2) is 0 Å². The SMILES string of the molecule is CC12CC3CC(CC(C3)C1)C2.CC12CCC(CC1)C2.CC12CCC(CC1)CC2.CC12CCCC(CC1)C2.CC12CCCC(CC1)CC2.CC12CCCC(CCC1)C2.CC12CCCC(CCC1)CC2. The predicted octanol–water partition coefficient (Wildman–Crippen LogP) is 22.3. The van der Waals surface area contributed by atoms with E-state index in [-0.39, 0.29) is 0 Å². The molecule has 18 saturated carbocycles. The highest BCUT2D eigenvalue weighted by atomic mass is 14.5. The quantitative estimate of drug-likeness (QED) is 0.227. The van der Waals surface area contributed by atoms with Crippen molar-refractivity contribution in [1.82, 2.24) is 0 Å². The van der Waals surface area contributed by atoms with E-state index in [1.807, 2.05) is 0 Å². The molecular formula is C68H120. The largest absolute Gasteiger partial charge is 0.0596 e. The van der Waals surface area contributed by atoms with Gasteiger partial charge in [-0.1, -0.05) is 126 Å². The van der Waals surface area contributed by atoms with Gasteiger partial charge in [-0.3, -0.25) is 0 Å². The second-order valence-electron chi connectivity index (χ2n) is 32.6. The molecule has 0 aromatic rings. The van der Waals surface area contributed by atoms with Gasteiger partial charge in [0.2, 0.25) is 0 Å². The lowest BCUT2D eigenvalue weighted by Crippen LogP contribution is -2.44. The maximum Gasteiger partial charge on any atom is -0.0318 e. The number of hydrogen-bond donors (Lipinski definition) is 0. The fourth-order valence-corrected chi connectivity index (χ4v) is 21.0. The molecule has 16 bridgehead atoms. The molecule has 0 heterocycles. The van der Waals surface area contributed by atoms with Crippen LogP contribution in [0.4, 0.5) is 0 Å². The van der Waals surface area contributed by atoms with Crippen molar-refractivity contribution in [2.75, 3.05) is 0 Å². The Balaban J connectivity index is 0.0000000993. The molecule has 18 fully saturated rings. The first-order chi connectivity index (χ1) is 32.4. The molecule has 0 aromatic carbocycles. The fraction of sp³-hybridized carbons (Fsp3) is 1.00. The molecule has 0 nitrogen and oxygen atoms in total. The van der Waals surface area contributed by atoms with Crippen molar-refractivity contribution in [2.24, 2.45) is 91.2 Å². The van der Waals surface area contributed by atoms with Crippen molar-refractivity contribution in [3.8, 4) is 0 Å². The Labute approximate surface area is 426 Å². The summed E-state index contributed by atoms with van der Waals surface area (Å²) in [5, 5.41) is 0. The molecule has 18 aliphatic carbocycles. The van der Waals surface area contributed by atoms with E-state index in [1.165, 1.54) is 231 Å². The Kier molecular flexibility index (Phi) is 17.5. The first kappa shape index (κ1) is 52.8. The van der Waals surface area contributed by atoms with Crippen LogP contribution >= 0.6 is 0 Å². The molecule has 392 valence electrons. The van der Waals surface area contributed by atoms with Crippen molar-refractivity contribution in [2.45, 2.75) is 337 Å². The fourth-order valence-electron chi connectivity index (χ4n) is 21.0. The summed E-state index contributed by atoms with van der Waals surface area (Å²) in [4.78, 5) is 0. The van der Waals surface area contributed by atoms with Crippen molar-refractivity contribution in [3.63, 3.8) is 0 Å². The molecule has 0 N–H and O–H groups in total. The molecule has 2 unspecified atom stereocenters. The van der Waals surface area contributed by atoms with Crippen molar-refractivity contribution in [1.29, 1.82) is 0 Å². The number of fused-ring (bicyclic) bond motifs is 16. The lowest BCUT2D eigenvalue weighted by atomic mass is 9.50. The molecule has 2 atom stereocenters. The summed E-state index contributed by atoms with van der Waals surface area (Å²) in [5.74, 6) is 10.2. The maximum atomic E-state index is 2.54. The van der Waals surface area contributed by atoms with Crippen LogP contribution in [0.3, 0.4) is 0 Å². The predicted molar refractivity (Wildman–Crippen MR) is 296 cm³/mol. The second kappa shape index (κ2) is 22.5. The van der Waals surface area contributed by atoms with E-state index < -0.39 is 0 Å². The van der Waals surface area contributed by atoms with Crippen LogP contribution in [-0.2, 0) is 0 Å². The highest BCUT2D eigenvalue weighted by molar-refractivity contribution is 4.99.